The van der Waals surface area contributed by atoms with Gasteiger partial charge in [0, 0.05) is 5.56 Å². The zero-order valence-corrected chi connectivity index (χ0v) is 14.6. The number of rotatable bonds is 4. The first kappa shape index (κ1) is 17.1. The fourth-order valence-corrected chi connectivity index (χ4v) is 2.79. The number of furan rings is 1. The van der Waals surface area contributed by atoms with Gasteiger partial charge in [-0.3, -0.25) is 9.55 Å². The molecule has 0 saturated carbocycles. The summed E-state index contributed by atoms with van der Waals surface area (Å²) in [5.74, 6) is 1.18. The summed E-state index contributed by atoms with van der Waals surface area (Å²) in [6.07, 6.45) is 1.64. The number of benzene rings is 2. The maximum atomic E-state index is 11.1. The van der Waals surface area contributed by atoms with E-state index in [1.54, 1.807) is 30.5 Å². The first-order valence-corrected chi connectivity index (χ1v) is 9.06. The van der Waals surface area contributed by atoms with Crippen molar-refractivity contribution in [2.24, 2.45) is 4.99 Å². The van der Waals surface area contributed by atoms with E-state index >= 15 is 0 Å². The normalized spacial score (nSPS) is 12.0. The van der Waals surface area contributed by atoms with E-state index in [1.807, 2.05) is 25.1 Å². The highest BCUT2D eigenvalue weighted by Gasteiger charge is 2.10. The molecule has 0 aliphatic carbocycles. The average molecular weight is 355 g/mol. The lowest BCUT2D eigenvalue weighted by molar-refractivity contribution is 0.483. The molecule has 3 rings (SSSR count). The molecule has 0 saturated heterocycles. The molecular weight excluding hydrogens is 338 g/mol. The molecule has 0 radical (unpaired) electrons. The molecular formula is C19H17NO4S. The van der Waals surface area contributed by atoms with Crippen LogP contribution >= 0.6 is 0 Å². The van der Waals surface area contributed by atoms with Gasteiger partial charge in [-0.2, -0.15) is 8.42 Å². The van der Waals surface area contributed by atoms with Gasteiger partial charge < -0.3 is 4.42 Å². The molecule has 128 valence electrons. The predicted octanol–water partition coefficient (Wildman–Crippen LogP) is 4.56. The summed E-state index contributed by atoms with van der Waals surface area (Å²) < 4.78 is 36.8. The van der Waals surface area contributed by atoms with Gasteiger partial charge in [-0.25, -0.2) is 0 Å². The van der Waals surface area contributed by atoms with Gasteiger partial charge >= 0.3 is 0 Å². The predicted molar refractivity (Wildman–Crippen MR) is 97.1 cm³/mol. The van der Waals surface area contributed by atoms with Crippen LogP contribution in [0.25, 0.3) is 11.3 Å². The fraction of sp³-hybridized carbons (Fsp3) is 0.105. The van der Waals surface area contributed by atoms with Gasteiger partial charge in [0.1, 0.15) is 11.5 Å². The minimum Gasteiger partial charge on any atom is -0.455 e. The Bertz CT molecular complexity index is 1030. The van der Waals surface area contributed by atoms with Crippen molar-refractivity contribution in [3.05, 3.63) is 71.5 Å². The summed E-state index contributed by atoms with van der Waals surface area (Å²) in [5, 5.41) is 0. The number of aliphatic imine (C=N–C) groups is 1. The van der Waals surface area contributed by atoms with Gasteiger partial charge in [-0.15, -0.1) is 0 Å². The van der Waals surface area contributed by atoms with E-state index in [2.05, 4.69) is 11.9 Å². The third-order valence-corrected chi connectivity index (χ3v) is 4.76. The Hall–Kier alpha value is -2.70. The second-order valence-corrected chi connectivity index (χ2v) is 7.15. The number of hydrogen-bond acceptors (Lipinski definition) is 4. The average Bonchev–Trinajstić information content (AvgIpc) is 3.04. The van der Waals surface area contributed by atoms with E-state index in [1.165, 1.54) is 23.3 Å². The quantitative estimate of drug-likeness (QED) is 0.549. The Balaban J connectivity index is 1.80. The van der Waals surface area contributed by atoms with E-state index in [4.69, 9.17) is 8.97 Å². The molecule has 0 amide bonds. The molecule has 6 heteroatoms. The molecule has 0 fully saturated rings. The Morgan fingerprint density at radius 2 is 1.68 bits per heavy atom. The van der Waals surface area contributed by atoms with Crippen molar-refractivity contribution in [3.63, 3.8) is 0 Å². The highest BCUT2D eigenvalue weighted by molar-refractivity contribution is 7.85. The number of hydrogen-bond donors (Lipinski definition) is 1. The second-order valence-electron chi connectivity index (χ2n) is 5.73. The summed E-state index contributed by atoms with van der Waals surface area (Å²) in [6.45, 7) is 4.09. The van der Waals surface area contributed by atoms with Gasteiger partial charge in [0.25, 0.3) is 10.1 Å². The Kier molecular flexibility index (Phi) is 4.57. The molecule has 1 aromatic heterocycles. The summed E-state index contributed by atoms with van der Waals surface area (Å²) in [4.78, 5) is 4.25. The molecule has 0 spiro atoms. The van der Waals surface area contributed by atoms with Crippen molar-refractivity contribution < 1.29 is 17.4 Å². The third kappa shape index (κ3) is 4.04. The molecule has 0 atom stereocenters. The van der Waals surface area contributed by atoms with Crippen molar-refractivity contribution in [2.45, 2.75) is 18.7 Å². The van der Waals surface area contributed by atoms with Gasteiger partial charge in [-0.05, 0) is 73.5 Å². The monoisotopic (exact) mass is 355 g/mol. The minimum absolute atomic E-state index is 0.153. The zero-order chi connectivity index (χ0) is 18.0. The Morgan fingerprint density at radius 1 is 0.960 bits per heavy atom. The highest BCUT2D eigenvalue weighted by Crippen LogP contribution is 2.24. The first-order valence-electron chi connectivity index (χ1n) is 7.62. The largest absolute Gasteiger partial charge is 0.455 e. The molecule has 0 aliphatic heterocycles. The van der Waals surface area contributed by atoms with Crippen molar-refractivity contribution in [3.8, 4) is 11.3 Å². The molecule has 0 aliphatic rings. The van der Waals surface area contributed by atoms with Crippen LogP contribution in [-0.2, 0) is 10.1 Å². The van der Waals surface area contributed by atoms with Crippen LogP contribution in [0.15, 0.2) is 68.9 Å². The van der Waals surface area contributed by atoms with Crippen LogP contribution in [0.1, 0.15) is 16.9 Å². The SMILES string of the molecule is Cc1ccc(N=Cc2ccc(-c3ccc(S(=O)(=O)O)cc3)o2)cc1C. The topological polar surface area (TPSA) is 79.9 Å². The van der Waals surface area contributed by atoms with E-state index in [0.717, 1.165) is 5.69 Å². The molecule has 1 heterocycles. The number of nitrogens with zero attached hydrogens (tertiary/aromatic N) is 1. The lowest BCUT2D eigenvalue weighted by Crippen LogP contribution is -1.97. The summed E-state index contributed by atoms with van der Waals surface area (Å²) in [5.41, 5.74) is 3.94. The van der Waals surface area contributed by atoms with Crippen molar-refractivity contribution in [1.29, 1.82) is 0 Å². The van der Waals surface area contributed by atoms with Crippen molar-refractivity contribution in [1.82, 2.24) is 0 Å². The first-order chi connectivity index (χ1) is 11.8. The Labute approximate surface area is 146 Å². The van der Waals surface area contributed by atoms with E-state index in [-0.39, 0.29) is 4.90 Å². The zero-order valence-electron chi connectivity index (χ0n) is 13.8. The standard InChI is InChI=1S/C19H17NO4S/c1-13-3-6-16(11-14(13)2)20-12-17-7-10-19(24-17)15-4-8-18(9-5-15)25(21,22)23/h3-12H,1-2H3,(H,21,22,23). The highest BCUT2D eigenvalue weighted by atomic mass is 32.2. The molecule has 5 nitrogen and oxygen atoms in total. The van der Waals surface area contributed by atoms with E-state index in [9.17, 15) is 8.42 Å². The van der Waals surface area contributed by atoms with Crippen LogP contribution in [0.5, 0.6) is 0 Å². The summed E-state index contributed by atoms with van der Waals surface area (Å²) in [6, 6.07) is 15.3. The third-order valence-electron chi connectivity index (χ3n) is 3.89. The lowest BCUT2D eigenvalue weighted by Gasteiger charge is -2.00. The van der Waals surface area contributed by atoms with Gasteiger partial charge in [0.2, 0.25) is 0 Å². The van der Waals surface area contributed by atoms with Gasteiger partial charge in [0.15, 0.2) is 0 Å². The summed E-state index contributed by atoms with van der Waals surface area (Å²) in [7, 11) is -4.19. The van der Waals surface area contributed by atoms with Crippen LogP contribution in [0.2, 0.25) is 0 Å². The van der Waals surface area contributed by atoms with E-state index in [0.29, 0.717) is 17.1 Å². The van der Waals surface area contributed by atoms with Crippen LogP contribution in [0.3, 0.4) is 0 Å². The molecule has 1 N–H and O–H groups in total. The van der Waals surface area contributed by atoms with Crippen molar-refractivity contribution in [2.75, 3.05) is 0 Å². The van der Waals surface area contributed by atoms with E-state index < -0.39 is 10.1 Å². The smallest absolute Gasteiger partial charge is 0.294 e. The summed E-state index contributed by atoms with van der Waals surface area (Å²) >= 11 is 0. The van der Waals surface area contributed by atoms with Crippen LogP contribution in [0, 0.1) is 13.8 Å². The Morgan fingerprint density at radius 3 is 2.32 bits per heavy atom. The molecule has 0 bridgehead atoms. The number of aryl methyl sites for hydroxylation is 2. The van der Waals surface area contributed by atoms with Crippen LogP contribution in [-0.4, -0.2) is 19.2 Å². The van der Waals surface area contributed by atoms with Crippen LogP contribution < -0.4 is 0 Å². The van der Waals surface area contributed by atoms with Gasteiger partial charge in [-0.1, -0.05) is 6.07 Å². The lowest BCUT2D eigenvalue weighted by atomic mass is 10.1. The maximum absolute atomic E-state index is 11.1. The van der Waals surface area contributed by atoms with Gasteiger partial charge in [0.05, 0.1) is 16.8 Å². The van der Waals surface area contributed by atoms with Crippen molar-refractivity contribution >= 4 is 22.0 Å². The molecule has 2 aromatic carbocycles. The second kappa shape index (κ2) is 6.66. The minimum atomic E-state index is -4.19. The molecule has 25 heavy (non-hydrogen) atoms. The van der Waals surface area contributed by atoms with Crippen LogP contribution in [0.4, 0.5) is 5.69 Å². The maximum Gasteiger partial charge on any atom is 0.294 e. The molecule has 3 aromatic rings. The molecule has 0 unspecified atom stereocenters. The fourth-order valence-electron chi connectivity index (χ4n) is 2.31.